The van der Waals surface area contributed by atoms with Gasteiger partial charge in [0.05, 0.1) is 12.0 Å². The standard InChI is InChI=1S/C21H28N2O3S/c1-17-4-9-21(18(2)16-17)27(24,25)23-14-12-22(13-15-23)11-10-19-5-7-20(26-3)8-6-19/h4-9,16H,10-15H2,1-3H3. The van der Waals surface area contributed by atoms with E-state index in [-0.39, 0.29) is 0 Å². The summed E-state index contributed by atoms with van der Waals surface area (Å²) >= 11 is 0. The minimum Gasteiger partial charge on any atom is -0.497 e. The predicted octanol–water partition coefficient (Wildman–Crippen LogP) is 2.86. The van der Waals surface area contributed by atoms with E-state index in [1.807, 2.05) is 38.1 Å². The van der Waals surface area contributed by atoms with Gasteiger partial charge in [-0.25, -0.2) is 8.42 Å². The lowest BCUT2D eigenvalue weighted by molar-refractivity contribution is 0.190. The number of hydrogen-bond acceptors (Lipinski definition) is 4. The zero-order valence-corrected chi connectivity index (χ0v) is 17.1. The molecule has 0 bridgehead atoms. The number of nitrogens with zero attached hydrogens (tertiary/aromatic N) is 2. The molecule has 5 nitrogen and oxygen atoms in total. The van der Waals surface area contributed by atoms with E-state index in [0.717, 1.165) is 42.9 Å². The van der Waals surface area contributed by atoms with Crippen molar-refractivity contribution in [2.75, 3.05) is 39.8 Å². The first-order valence-electron chi connectivity index (χ1n) is 9.33. The van der Waals surface area contributed by atoms with Crippen LogP contribution in [0.4, 0.5) is 0 Å². The molecule has 146 valence electrons. The Hall–Kier alpha value is -1.89. The van der Waals surface area contributed by atoms with Crippen LogP contribution in [0.1, 0.15) is 16.7 Å². The summed E-state index contributed by atoms with van der Waals surface area (Å²) in [5.74, 6) is 0.865. The average Bonchev–Trinajstić information content (AvgIpc) is 2.67. The van der Waals surface area contributed by atoms with Gasteiger partial charge in [0.2, 0.25) is 10.0 Å². The number of piperazine rings is 1. The molecule has 0 spiro atoms. The number of rotatable bonds is 6. The summed E-state index contributed by atoms with van der Waals surface area (Å²) in [6.45, 7) is 7.39. The monoisotopic (exact) mass is 388 g/mol. The first-order chi connectivity index (χ1) is 12.9. The van der Waals surface area contributed by atoms with Crippen LogP contribution in [0.25, 0.3) is 0 Å². The van der Waals surface area contributed by atoms with Crippen molar-refractivity contribution in [3.63, 3.8) is 0 Å². The third kappa shape index (κ3) is 4.69. The van der Waals surface area contributed by atoms with Crippen LogP contribution >= 0.6 is 0 Å². The van der Waals surface area contributed by atoms with E-state index in [9.17, 15) is 8.42 Å². The van der Waals surface area contributed by atoms with Crippen molar-refractivity contribution >= 4 is 10.0 Å². The molecular weight excluding hydrogens is 360 g/mol. The molecule has 27 heavy (non-hydrogen) atoms. The van der Waals surface area contributed by atoms with Gasteiger partial charge >= 0.3 is 0 Å². The van der Waals surface area contributed by atoms with Crippen molar-refractivity contribution < 1.29 is 13.2 Å². The summed E-state index contributed by atoms with van der Waals surface area (Å²) in [4.78, 5) is 2.76. The number of methoxy groups -OCH3 is 1. The number of aryl methyl sites for hydroxylation is 2. The van der Waals surface area contributed by atoms with Crippen LogP contribution in [-0.2, 0) is 16.4 Å². The second kappa shape index (κ2) is 8.42. The van der Waals surface area contributed by atoms with Gasteiger partial charge in [-0.05, 0) is 49.6 Å². The Balaban J connectivity index is 1.56. The number of sulfonamides is 1. The molecule has 2 aromatic carbocycles. The van der Waals surface area contributed by atoms with Gasteiger partial charge in [-0.1, -0.05) is 29.8 Å². The summed E-state index contributed by atoms with van der Waals surface area (Å²) in [6.07, 6.45) is 0.952. The maximum absolute atomic E-state index is 13.0. The van der Waals surface area contributed by atoms with Gasteiger partial charge in [0, 0.05) is 32.7 Å². The minimum absolute atomic E-state index is 0.430. The first kappa shape index (κ1) is 19.9. The highest BCUT2D eigenvalue weighted by molar-refractivity contribution is 7.89. The Labute approximate surface area is 162 Å². The largest absolute Gasteiger partial charge is 0.497 e. The van der Waals surface area contributed by atoms with Crippen LogP contribution in [0, 0.1) is 13.8 Å². The summed E-state index contributed by atoms with van der Waals surface area (Å²) in [5.41, 5.74) is 3.16. The highest BCUT2D eigenvalue weighted by Crippen LogP contribution is 2.22. The van der Waals surface area contributed by atoms with E-state index < -0.39 is 10.0 Å². The van der Waals surface area contributed by atoms with Crippen LogP contribution < -0.4 is 4.74 Å². The van der Waals surface area contributed by atoms with Gasteiger partial charge in [0.1, 0.15) is 5.75 Å². The molecule has 0 amide bonds. The van der Waals surface area contributed by atoms with E-state index >= 15 is 0 Å². The molecule has 0 saturated carbocycles. The molecule has 1 saturated heterocycles. The molecule has 1 fully saturated rings. The Morgan fingerprint density at radius 1 is 0.963 bits per heavy atom. The van der Waals surface area contributed by atoms with Crippen molar-refractivity contribution in [1.82, 2.24) is 9.21 Å². The van der Waals surface area contributed by atoms with E-state index in [4.69, 9.17) is 4.74 Å². The smallest absolute Gasteiger partial charge is 0.243 e. The molecule has 0 N–H and O–H groups in total. The zero-order chi connectivity index (χ0) is 19.4. The van der Waals surface area contributed by atoms with Gasteiger partial charge in [0.15, 0.2) is 0 Å². The number of hydrogen-bond donors (Lipinski definition) is 0. The van der Waals surface area contributed by atoms with Gasteiger partial charge < -0.3 is 9.64 Å². The molecule has 1 aliphatic heterocycles. The zero-order valence-electron chi connectivity index (χ0n) is 16.3. The van der Waals surface area contributed by atoms with Gasteiger partial charge in [-0.2, -0.15) is 4.31 Å². The van der Waals surface area contributed by atoms with Crippen LogP contribution in [0.15, 0.2) is 47.4 Å². The third-order valence-corrected chi connectivity index (χ3v) is 7.21. The first-order valence-corrected chi connectivity index (χ1v) is 10.8. The number of ether oxygens (including phenoxy) is 1. The maximum atomic E-state index is 13.0. The SMILES string of the molecule is COc1ccc(CCN2CCN(S(=O)(=O)c3ccc(C)cc3C)CC2)cc1. The van der Waals surface area contributed by atoms with Crippen molar-refractivity contribution in [2.24, 2.45) is 0 Å². The molecule has 0 atom stereocenters. The molecule has 2 aromatic rings. The van der Waals surface area contributed by atoms with Gasteiger partial charge in [-0.3, -0.25) is 0 Å². The quantitative estimate of drug-likeness (QED) is 0.764. The molecule has 3 rings (SSSR count). The molecule has 0 aliphatic carbocycles. The highest BCUT2D eigenvalue weighted by Gasteiger charge is 2.29. The summed E-state index contributed by atoms with van der Waals surface area (Å²) < 4.78 is 32.7. The highest BCUT2D eigenvalue weighted by atomic mass is 32.2. The van der Waals surface area contributed by atoms with E-state index in [0.29, 0.717) is 18.0 Å². The van der Waals surface area contributed by atoms with Crippen LogP contribution in [0.3, 0.4) is 0 Å². The third-order valence-electron chi connectivity index (χ3n) is 5.16. The summed E-state index contributed by atoms with van der Waals surface area (Å²) in [7, 11) is -1.75. The lowest BCUT2D eigenvalue weighted by Crippen LogP contribution is -2.49. The van der Waals surface area contributed by atoms with Gasteiger partial charge in [0.25, 0.3) is 0 Å². The maximum Gasteiger partial charge on any atom is 0.243 e. The Kier molecular flexibility index (Phi) is 6.19. The average molecular weight is 389 g/mol. The van der Waals surface area contributed by atoms with E-state index in [2.05, 4.69) is 17.0 Å². The van der Waals surface area contributed by atoms with E-state index in [1.165, 1.54) is 5.56 Å². The molecule has 1 heterocycles. The second-order valence-corrected chi connectivity index (χ2v) is 9.02. The molecule has 0 aromatic heterocycles. The second-order valence-electron chi connectivity index (χ2n) is 7.11. The molecule has 6 heteroatoms. The molecule has 0 radical (unpaired) electrons. The molecule has 0 unspecified atom stereocenters. The fraction of sp³-hybridized carbons (Fsp3) is 0.429. The van der Waals surface area contributed by atoms with Crippen LogP contribution in [0.5, 0.6) is 5.75 Å². The van der Waals surface area contributed by atoms with Crippen molar-refractivity contribution in [2.45, 2.75) is 25.2 Å². The Bertz CT molecular complexity index is 871. The normalized spacial score (nSPS) is 16.4. The summed E-state index contributed by atoms with van der Waals surface area (Å²) in [5, 5.41) is 0. The fourth-order valence-corrected chi connectivity index (χ4v) is 5.13. The van der Waals surface area contributed by atoms with Crippen molar-refractivity contribution in [3.05, 3.63) is 59.2 Å². The van der Waals surface area contributed by atoms with Crippen molar-refractivity contribution in [1.29, 1.82) is 0 Å². The fourth-order valence-electron chi connectivity index (χ4n) is 3.50. The number of benzene rings is 2. The minimum atomic E-state index is -3.41. The molecular formula is C21H28N2O3S. The van der Waals surface area contributed by atoms with Crippen LogP contribution in [0.2, 0.25) is 0 Å². The van der Waals surface area contributed by atoms with Crippen molar-refractivity contribution in [3.8, 4) is 5.75 Å². The van der Waals surface area contributed by atoms with E-state index in [1.54, 1.807) is 17.5 Å². The lowest BCUT2D eigenvalue weighted by Gasteiger charge is -2.34. The molecule has 1 aliphatic rings. The van der Waals surface area contributed by atoms with Gasteiger partial charge in [-0.15, -0.1) is 0 Å². The summed E-state index contributed by atoms with van der Waals surface area (Å²) in [6, 6.07) is 13.6. The lowest BCUT2D eigenvalue weighted by atomic mass is 10.1. The Morgan fingerprint density at radius 2 is 1.63 bits per heavy atom. The predicted molar refractivity (Wildman–Crippen MR) is 108 cm³/mol. The topological polar surface area (TPSA) is 49.9 Å². The Morgan fingerprint density at radius 3 is 2.22 bits per heavy atom. The van der Waals surface area contributed by atoms with Crippen LogP contribution in [-0.4, -0.2) is 57.5 Å².